The van der Waals surface area contributed by atoms with Crippen LogP contribution in [0.25, 0.3) is 16.6 Å². The van der Waals surface area contributed by atoms with Crippen molar-refractivity contribution >= 4 is 22.5 Å². The number of hydrogen-bond donors (Lipinski definition) is 1. The Morgan fingerprint density at radius 1 is 0.941 bits per heavy atom. The van der Waals surface area contributed by atoms with E-state index in [9.17, 15) is 22.8 Å². The van der Waals surface area contributed by atoms with Gasteiger partial charge in [0.1, 0.15) is 5.75 Å². The highest BCUT2D eigenvalue weighted by atomic mass is 19.4. The number of carbonyl (C=O) groups excluding carboxylic acids is 1. The molecular weight excluding hydrogens is 674 g/mol. The maximum Gasteiger partial charge on any atom is 0.418 e. The van der Waals surface area contributed by atoms with Gasteiger partial charge in [-0.3, -0.25) is 14.3 Å². The van der Waals surface area contributed by atoms with Crippen molar-refractivity contribution in [2.75, 3.05) is 58.8 Å². The van der Waals surface area contributed by atoms with Crippen LogP contribution in [0.15, 0.2) is 71.7 Å². The van der Waals surface area contributed by atoms with Crippen molar-refractivity contribution in [2.24, 2.45) is 7.05 Å². The van der Waals surface area contributed by atoms with Crippen LogP contribution in [0.2, 0.25) is 0 Å². The molecule has 1 aliphatic rings. The van der Waals surface area contributed by atoms with Gasteiger partial charge in [0.15, 0.2) is 23.1 Å². The fourth-order valence-electron chi connectivity index (χ4n) is 5.69. The fraction of sp³-hybridized carbons (Fsp3) is 0.314. The van der Waals surface area contributed by atoms with Gasteiger partial charge in [0.2, 0.25) is 5.82 Å². The highest BCUT2D eigenvalue weighted by molar-refractivity contribution is 6.01. The average Bonchev–Trinajstić information content (AvgIpc) is 3.41. The molecule has 268 valence electrons. The molecule has 0 saturated carbocycles. The SMILES string of the molecule is COc1cc2c(Oc3ccc(NC(=O)c4nn(-c5ccccc5C(F)(F)F)c(=O)n4C)cc3F)ccnc2cc1OCCCN1CCN(C)CC1. The van der Waals surface area contributed by atoms with Gasteiger partial charge in [0, 0.05) is 69.2 Å². The van der Waals surface area contributed by atoms with Crippen molar-refractivity contribution in [1.82, 2.24) is 29.1 Å². The minimum atomic E-state index is -4.77. The summed E-state index contributed by atoms with van der Waals surface area (Å²) in [5.74, 6) is -1.17. The highest BCUT2D eigenvalue weighted by Gasteiger charge is 2.35. The van der Waals surface area contributed by atoms with E-state index < -0.39 is 40.7 Å². The lowest BCUT2D eigenvalue weighted by atomic mass is 10.1. The van der Waals surface area contributed by atoms with Crippen LogP contribution in [0.3, 0.4) is 0 Å². The first-order chi connectivity index (χ1) is 24.4. The first kappa shape index (κ1) is 35.3. The van der Waals surface area contributed by atoms with Gasteiger partial charge >= 0.3 is 11.9 Å². The predicted molar refractivity (Wildman–Crippen MR) is 181 cm³/mol. The van der Waals surface area contributed by atoms with E-state index >= 15 is 4.39 Å². The summed E-state index contributed by atoms with van der Waals surface area (Å²) in [5.41, 5.74) is -2.10. The van der Waals surface area contributed by atoms with E-state index in [1.807, 2.05) is 0 Å². The number of anilines is 1. The number of nitrogens with one attached hydrogen (secondary N) is 1. The molecule has 1 aliphatic heterocycles. The van der Waals surface area contributed by atoms with Crippen molar-refractivity contribution in [1.29, 1.82) is 0 Å². The Morgan fingerprint density at radius 2 is 1.71 bits per heavy atom. The number of amides is 1. The molecule has 2 aromatic heterocycles. The highest BCUT2D eigenvalue weighted by Crippen LogP contribution is 2.38. The third-order valence-corrected chi connectivity index (χ3v) is 8.49. The Hall–Kier alpha value is -5.48. The Kier molecular flexibility index (Phi) is 10.2. The summed E-state index contributed by atoms with van der Waals surface area (Å²) in [6.45, 7) is 5.57. The number of para-hydroxylation sites is 1. The number of rotatable bonds is 11. The molecule has 0 bridgehead atoms. The van der Waals surface area contributed by atoms with Crippen LogP contribution in [0.4, 0.5) is 23.2 Å². The van der Waals surface area contributed by atoms with E-state index in [0.29, 0.717) is 33.7 Å². The largest absolute Gasteiger partial charge is 0.493 e. The molecule has 1 fully saturated rings. The van der Waals surface area contributed by atoms with E-state index in [-0.39, 0.29) is 17.2 Å². The number of piperazine rings is 1. The van der Waals surface area contributed by atoms with Gasteiger partial charge in [-0.25, -0.2) is 9.18 Å². The summed E-state index contributed by atoms with van der Waals surface area (Å²) in [6, 6.07) is 13.0. The lowest BCUT2D eigenvalue weighted by molar-refractivity contribution is -0.137. The molecule has 0 spiro atoms. The lowest BCUT2D eigenvalue weighted by Gasteiger charge is -2.32. The van der Waals surface area contributed by atoms with Crippen molar-refractivity contribution in [3.05, 3.63) is 94.5 Å². The molecule has 0 unspecified atom stereocenters. The van der Waals surface area contributed by atoms with Crippen molar-refractivity contribution < 1.29 is 36.6 Å². The number of ether oxygens (including phenoxy) is 3. The summed E-state index contributed by atoms with van der Waals surface area (Å²) in [6.07, 6.45) is -2.41. The monoisotopic (exact) mass is 709 g/mol. The molecule has 51 heavy (non-hydrogen) atoms. The first-order valence-electron chi connectivity index (χ1n) is 16.0. The van der Waals surface area contributed by atoms with E-state index in [1.165, 1.54) is 44.6 Å². The number of methoxy groups -OCH3 is 1. The summed E-state index contributed by atoms with van der Waals surface area (Å²) in [7, 11) is 4.83. The third kappa shape index (κ3) is 7.81. The van der Waals surface area contributed by atoms with E-state index in [4.69, 9.17) is 14.2 Å². The summed E-state index contributed by atoms with van der Waals surface area (Å²) in [4.78, 5) is 35.0. The van der Waals surface area contributed by atoms with Gasteiger partial charge in [-0.1, -0.05) is 12.1 Å². The number of carbonyl (C=O) groups is 1. The fourth-order valence-corrected chi connectivity index (χ4v) is 5.69. The Labute approximate surface area is 289 Å². The molecule has 0 atom stereocenters. The minimum Gasteiger partial charge on any atom is -0.493 e. The van der Waals surface area contributed by atoms with Gasteiger partial charge < -0.3 is 29.3 Å². The standard InChI is InChI=1S/C35H35F4N7O5/c1-43-14-16-45(17-15-43)13-6-18-50-31-21-26-23(20-30(31)49-3)28(11-12-40-26)51-29-10-9-22(19-25(29)36)41-33(47)32-42-46(34(48)44(32)2)27-8-5-4-7-24(27)35(37,38)39/h4-5,7-12,19-21H,6,13-18H2,1-3H3,(H,41,47). The van der Waals surface area contributed by atoms with Crippen molar-refractivity contribution in [3.8, 4) is 28.7 Å². The number of alkyl halides is 3. The first-order valence-corrected chi connectivity index (χ1v) is 16.0. The number of fused-ring (bicyclic) bond motifs is 1. The van der Waals surface area contributed by atoms with E-state index in [0.717, 1.165) is 61.9 Å². The van der Waals surface area contributed by atoms with Crippen LogP contribution in [-0.4, -0.2) is 88.5 Å². The zero-order valence-corrected chi connectivity index (χ0v) is 28.0. The van der Waals surface area contributed by atoms with E-state index in [1.54, 1.807) is 18.2 Å². The second-order valence-electron chi connectivity index (χ2n) is 12.0. The Morgan fingerprint density at radius 3 is 2.43 bits per heavy atom. The number of benzene rings is 3. The normalized spacial score (nSPS) is 14.1. The molecular formula is C35H35F4N7O5. The molecule has 0 radical (unpaired) electrons. The van der Waals surface area contributed by atoms with Crippen LogP contribution in [0, 0.1) is 5.82 Å². The number of aromatic nitrogens is 4. The minimum absolute atomic E-state index is 0.0155. The Balaban J connectivity index is 1.15. The lowest BCUT2D eigenvalue weighted by Crippen LogP contribution is -2.44. The van der Waals surface area contributed by atoms with Crippen molar-refractivity contribution in [3.63, 3.8) is 0 Å². The molecule has 3 aromatic carbocycles. The molecule has 1 saturated heterocycles. The van der Waals surface area contributed by atoms with Crippen LogP contribution in [0.5, 0.6) is 23.0 Å². The van der Waals surface area contributed by atoms with Crippen LogP contribution < -0.4 is 25.2 Å². The average molecular weight is 710 g/mol. The second kappa shape index (κ2) is 14.8. The number of pyridine rings is 1. The van der Waals surface area contributed by atoms with Gasteiger partial charge in [-0.05, 0) is 49.9 Å². The van der Waals surface area contributed by atoms with Crippen LogP contribution >= 0.6 is 0 Å². The van der Waals surface area contributed by atoms with Gasteiger partial charge in [-0.2, -0.15) is 17.9 Å². The van der Waals surface area contributed by atoms with Gasteiger partial charge in [-0.15, -0.1) is 5.10 Å². The number of nitrogens with zero attached hydrogens (tertiary/aromatic N) is 6. The number of halogens is 4. The Bertz CT molecular complexity index is 2110. The molecule has 1 N–H and O–H groups in total. The summed E-state index contributed by atoms with van der Waals surface area (Å²) in [5, 5.41) is 6.81. The van der Waals surface area contributed by atoms with Gasteiger partial charge in [0.05, 0.1) is 30.5 Å². The molecule has 3 heterocycles. The zero-order chi connectivity index (χ0) is 36.3. The topological polar surface area (TPSA) is 116 Å². The van der Waals surface area contributed by atoms with Crippen LogP contribution in [-0.2, 0) is 13.2 Å². The smallest absolute Gasteiger partial charge is 0.418 e. The number of hydrogen-bond acceptors (Lipinski definition) is 9. The third-order valence-electron chi connectivity index (χ3n) is 8.49. The van der Waals surface area contributed by atoms with Crippen molar-refractivity contribution in [2.45, 2.75) is 12.6 Å². The molecule has 6 rings (SSSR count). The molecule has 5 aromatic rings. The molecule has 16 heteroatoms. The molecule has 1 amide bonds. The summed E-state index contributed by atoms with van der Waals surface area (Å²) < 4.78 is 74.9. The van der Waals surface area contributed by atoms with E-state index in [2.05, 4.69) is 32.2 Å². The maximum absolute atomic E-state index is 15.3. The zero-order valence-electron chi connectivity index (χ0n) is 28.0. The predicted octanol–water partition coefficient (Wildman–Crippen LogP) is 5.35. The second-order valence-corrected chi connectivity index (χ2v) is 12.0. The van der Waals surface area contributed by atoms with Gasteiger partial charge in [0.25, 0.3) is 5.91 Å². The molecule has 0 aliphatic carbocycles. The molecule has 12 nitrogen and oxygen atoms in total. The van der Waals surface area contributed by atoms with Crippen LogP contribution in [0.1, 0.15) is 22.6 Å². The maximum atomic E-state index is 15.3. The number of likely N-dealkylation sites (N-methyl/N-ethyl adjacent to an activating group) is 1. The summed E-state index contributed by atoms with van der Waals surface area (Å²) >= 11 is 0. The quantitative estimate of drug-likeness (QED) is 0.143.